The molecule has 18 heavy (non-hydrogen) atoms. The molecule has 0 aromatic heterocycles. The standard InChI is InChI=1S/C12H19N3O3/c1-2-18-10(11(12(13)14)15(16)17)8-9-6-4-3-5-7-9/h3-7,10-12H,2,8,13-14H2,1H3. The molecule has 2 unspecified atom stereocenters. The van der Waals surface area contributed by atoms with Crippen LogP contribution in [0.4, 0.5) is 0 Å². The minimum absolute atomic E-state index is 0.383. The van der Waals surface area contributed by atoms with Gasteiger partial charge in [-0.25, -0.2) is 0 Å². The van der Waals surface area contributed by atoms with Crippen molar-refractivity contribution in [2.24, 2.45) is 11.5 Å². The maximum Gasteiger partial charge on any atom is 0.266 e. The zero-order chi connectivity index (χ0) is 13.5. The number of hydrogen-bond acceptors (Lipinski definition) is 5. The van der Waals surface area contributed by atoms with Crippen molar-refractivity contribution in [2.45, 2.75) is 31.7 Å². The Kier molecular flexibility index (Phi) is 5.70. The maximum atomic E-state index is 11.0. The van der Waals surface area contributed by atoms with Crippen LogP contribution in [0.3, 0.4) is 0 Å². The van der Waals surface area contributed by atoms with Crippen molar-refractivity contribution < 1.29 is 9.66 Å². The van der Waals surface area contributed by atoms with Crippen LogP contribution in [0.1, 0.15) is 12.5 Å². The van der Waals surface area contributed by atoms with Gasteiger partial charge in [0.05, 0.1) is 0 Å². The third-order valence-electron chi connectivity index (χ3n) is 2.68. The van der Waals surface area contributed by atoms with Gasteiger partial charge >= 0.3 is 0 Å². The highest BCUT2D eigenvalue weighted by Gasteiger charge is 2.36. The molecule has 2 atom stereocenters. The Bertz CT molecular complexity index is 370. The van der Waals surface area contributed by atoms with Gasteiger partial charge in [-0.2, -0.15) is 0 Å². The number of ether oxygens (including phenoxy) is 1. The van der Waals surface area contributed by atoms with Crippen LogP contribution >= 0.6 is 0 Å². The van der Waals surface area contributed by atoms with Gasteiger partial charge in [0, 0.05) is 18.0 Å². The molecule has 4 N–H and O–H groups in total. The second kappa shape index (κ2) is 7.05. The molecule has 0 radical (unpaired) electrons. The first-order valence-corrected chi connectivity index (χ1v) is 5.86. The predicted molar refractivity (Wildman–Crippen MR) is 68.5 cm³/mol. The summed E-state index contributed by atoms with van der Waals surface area (Å²) >= 11 is 0. The van der Waals surface area contributed by atoms with E-state index in [0.29, 0.717) is 13.0 Å². The first-order chi connectivity index (χ1) is 8.56. The van der Waals surface area contributed by atoms with Crippen LogP contribution < -0.4 is 11.5 Å². The molecule has 0 fully saturated rings. The van der Waals surface area contributed by atoms with Gasteiger partial charge in [0.2, 0.25) is 0 Å². The Morgan fingerprint density at radius 3 is 2.39 bits per heavy atom. The smallest absolute Gasteiger partial charge is 0.266 e. The van der Waals surface area contributed by atoms with E-state index in [1.165, 1.54) is 0 Å². The molecule has 0 aliphatic heterocycles. The molecule has 0 saturated heterocycles. The molecule has 100 valence electrons. The zero-order valence-electron chi connectivity index (χ0n) is 10.4. The zero-order valence-corrected chi connectivity index (χ0v) is 10.4. The SMILES string of the molecule is CCOC(Cc1ccccc1)C(C(N)N)[N+](=O)[O-]. The summed E-state index contributed by atoms with van der Waals surface area (Å²) < 4.78 is 5.43. The minimum atomic E-state index is -1.11. The number of nitrogens with two attached hydrogens (primary N) is 2. The molecule has 0 saturated carbocycles. The molecule has 1 aromatic rings. The van der Waals surface area contributed by atoms with E-state index >= 15 is 0 Å². The molecule has 1 aromatic carbocycles. The molecule has 0 aliphatic carbocycles. The third-order valence-corrected chi connectivity index (χ3v) is 2.68. The van der Waals surface area contributed by atoms with Crippen LogP contribution in [0.5, 0.6) is 0 Å². The average molecular weight is 253 g/mol. The summed E-state index contributed by atoms with van der Waals surface area (Å²) in [6.45, 7) is 2.17. The van der Waals surface area contributed by atoms with Crippen molar-refractivity contribution in [3.8, 4) is 0 Å². The van der Waals surface area contributed by atoms with E-state index in [1.54, 1.807) is 6.92 Å². The molecular weight excluding hydrogens is 234 g/mol. The Labute approximate surface area is 106 Å². The highest BCUT2D eigenvalue weighted by atomic mass is 16.6. The van der Waals surface area contributed by atoms with E-state index in [4.69, 9.17) is 16.2 Å². The Balaban J connectivity index is 2.84. The number of nitrogens with zero attached hydrogens (tertiary/aromatic N) is 1. The van der Waals surface area contributed by atoms with Crippen LogP contribution in [0.2, 0.25) is 0 Å². The molecular formula is C12H19N3O3. The van der Waals surface area contributed by atoms with Gasteiger partial charge in [-0.05, 0) is 12.5 Å². The summed E-state index contributed by atoms with van der Waals surface area (Å²) in [7, 11) is 0. The number of rotatable bonds is 7. The largest absolute Gasteiger partial charge is 0.371 e. The first-order valence-electron chi connectivity index (χ1n) is 5.86. The topological polar surface area (TPSA) is 104 Å². The normalized spacial score (nSPS) is 14.4. The summed E-state index contributed by atoms with van der Waals surface area (Å²) in [4.78, 5) is 10.5. The Morgan fingerprint density at radius 1 is 1.33 bits per heavy atom. The number of hydrogen-bond donors (Lipinski definition) is 2. The van der Waals surface area contributed by atoms with Gasteiger partial charge in [0.25, 0.3) is 6.04 Å². The van der Waals surface area contributed by atoms with Crippen molar-refractivity contribution in [1.29, 1.82) is 0 Å². The Hall–Kier alpha value is -1.50. The van der Waals surface area contributed by atoms with Crippen molar-refractivity contribution in [3.05, 3.63) is 46.0 Å². The summed E-state index contributed by atoms with van der Waals surface area (Å²) in [6.07, 6.45) is -1.24. The second-order valence-electron chi connectivity index (χ2n) is 4.04. The Morgan fingerprint density at radius 2 is 1.94 bits per heavy atom. The van der Waals surface area contributed by atoms with Crippen LogP contribution in [-0.4, -0.2) is 29.8 Å². The van der Waals surface area contributed by atoms with E-state index in [-0.39, 0.29) is 0 Å². The van der Waals surface area contributed by atoms with Gasteiger partial charge in [0.1, 0.15) is 12.3 Å². The van der Waals surface area contributed by atoms with E-state index in [1.807, 2.05) is 30.3 Å². The lowest BCUT2D eigenvalue weighted by Gasteiger charge is -2.23. The maximum absolute atomic E-state index is 11.0. The van der Waals surface area contributed by atoms with Crippen LogP contribution in [0, 0.1) is 10.1 Å². The molecule has 0 bridgehead atoms. The van der Waals surface area contributed by atoms with Gasteiger partial charge in [-0.1, -0.05) is 30.3 Å². The fourth-order valence-electron chi connectivity index (χ4n) is 1.86. The molecule has 0 aliphatic rings. The summed E-state index contributed by atoms with van der Waals surface area (Å²) in [5.74, 6) is 0. The van der Waals surface area contributed by atoms with Gasteiger partial charge in [0.15, 0.2) is 0 Å². The lowest BCUT2D eigenvalue weighted by Crippen LogP contribution is -2.54. The fourth-order valence-corrected chi connectivity index (χ4v) is 1.86. The van der Waals surface area contributed by atoms with Crippen molar-refractivity contribution in [2.75, 3.05) is 6.61 Å². The third kappa shape index (κ3) is 4.06. The minimum Gasteiger partial charge on any atom is -0.371 e. The predicted octanol–water partition coefficient (Wildman–Crippen LogP) is 0.523. The lowest BCUT2D eigenvalue weighted by atomic mass is 10.0. The second-order valence-corrected chi connectivity index (χ2v) is 4.04. The fraction of sp³-hybridized carbons (Fsp3) is 0.500. The quantitative estimate of drug-likeness (QED) is 0.419. The summed E-state index contributed by atoms with van der Waals surface area (Å²) in [5.41, 5.74) is 11.9. The molecule has 1 rings (SSSR count). The van der Waals surface area contributed by atoms with Gasteiger partial charge in [-0.15, -0.1) is 0 Å². The monoisotopic (exact) mass is 253 g/mol. The van der Waals surface area contributed by atoms with E-state index in [2.05, 4.69) is 0 Å². The van der Waals surface area contributed by atoms with E-state index < -0.39 is 23.2 Å². The van der Waals surface area contributed by atoms with Crippen molar-refractivity contribution >= 4 is 0 Å². The highest BCUT2D eigenvalue weighted by molar-refractivity contribution is 5.16. The number of nitro groups is 1. The van der Waals surface area contributed by atoms with Gasteiger partial charge < -0.3 is 16.2 Å². The molecule has 0 amide bonds. The molecule has 6 nitrogen and oxygen atoms in total. The first kappa shape index (κ1) is 14.6. The molecule has 6 heteroatoms. The van der Waals surface area contributed by atoms with E-state index in [9.17, 15) is 10.1 Å². The van der Waals surface area contributed by atoms with Crippen LogP contribution in [0.15, 0.2) is 30.3 Å². The number of benzene rings is 1. The van der Waals surface area contributed by atoms with Crippen LogP contribution in [0.25, 0.3) is 0 Å². The average Bonchev–Trinajstić information content (AvgIpc) is 2.29. The van der Waals surface area contributed by atoms with E-state index in [0.717, 1.165) is 5.56 Å². The highest BCUT2D eigenvalue weighted by Crippen LogP contribution is 2.12. The van der Waals surface area contributed by atoms with Crippen molar-refractivity contribution in [3.63, 3.8) is 0 Å². The molecule has 0 heterocycles. The molecule has 0 spiro atoms. The van der Waals surface area contributed by atoms with Crippen molar-refractivity contribution in [1.82, 2.24) is 0 Å². The van der Waals surface area contributed by atoms with Gasteiger partial charge in [-0.3, -0.25) is 10.1 Å². The lowest BCUT2D eigenvalue weighted by molar-refractivity contribution is -0.538. The summed E-state index contributed by atoms with van der Waals surface area (Å²) in [6, 6.07) is 8.32. The van der Waals surface area contributed by atoms with Crippen LogP contribution in [-0.2, 0) is 11.2 Å². The summed E-state index contributed by atoms with van der Waals surface area (Å²) in [5, 5.41) is 11.0.